The molecule has 1 aliphatic carbocycles. The smallest absolute Gasteiger partial charge is 0.325 e. The Kier molecular flexibility index (Phi) is 4.33. The molecular weight excluding hydrogens is 204 g/mol. The zero-order valence-electron chi connectivity index (χ0n) is 10.6. The lowest BCUT2D eigenvalue weighted by atomic mass is 9.94. The van der Waals surface area contributed by atoms with Gasteiger partial charge in [0, 0.05) is 6.54 Å². The van der Waals surface area contributed by atoms with Gasteiger partial charge in [0.25, 0.3) is 0 Å². The van der Waals surface area contributed by atoms with Crippen molar-refractivity contribution in [3.63, 3.8) is 0 Å². The standard InChI is InChI=1S/C12H24N2O2/c1-9(2)6-7-14(3)8-12(13,11(15)16)10-4-5-10/h9-10H,4-8,13H2,1-3H3,(H,15,16). The highest BCUT2D eigenvalue weighted by Gasteiger charge is 2.48. The molecule has 3 N–H and O–H groups in total. The van der Waals surface area contributed by atoms with E-state index in [9.17, 15) is 9.90 Å². The summed E-state index contributed by atoms with van der Waals surface area (Å²) in [6.45, 7) is 5.71. The SMILES string of the molecule is CC(C)CCN(C)CC(N)(C(=O)O)C1CC1. The molecule has 1 fully saturated rings. The van der Waals surface area contributed by atoms with Crippen molar-refractivity contribution in [3.05, 3.63) is 0 Å². The van der Waals surface area contributed by atoms with E-state index >= 15 is 0 Å². The summed E-state index contributed by atoms with van der Waals surface area (Å²) in [7, 11) is 1.95. The van der Waals surface area contributed by atoms with Crippen LogP contribution >= 0.6 is 0 Å². The van der Waals surface area contributed by atoms with Crippen molar-refractivity contribution in [1.29, 1.82) is 0 Å². The molecule has 0 spiro atoms. The van der Waals surface area contributed by atoms with Gasteiger partial charge in [0.1, 0.15) is 5.54 Å². The van der Waals surface area contributed by atoms with Crippen molar-refractivity contribution in [2.45, 2.75) is 38.6 Å². The highest BCUT2D eigenvalue weighted by atomic mass is 16.4. The lowest BCUT2D eigenvalue weighted by Crippen LogP contribution is -2.57. The van der Waals surface area contributed by atoms with Gasteiger partial charge in [-0.2, -0.15) is 0 Å². The molecule has 0 aromatic heterocycles. The number of likely N-dealkylation sites (N-methyl/N-ethyl adjacent to an activating group) is 1. The molecule has 0 bridgehead atoms. The van der Waals surface area contributed by atoms with Crippen LogP contribution in [0.15, 0.2) is 0 Å². The molecule has 0 radical (unpaired) electrons. The molecule has 1 aliphatic rings. The Hall–Kier alpha value is -0.610. The second kappa shape index (κ2) is 5.15. The first-order chi connectivity index (χ1) is 7.36. The predicted octanol–water partition coefficient (Wildman–Crippen LogP) is 1.16. The van der Waals surface area contributed by atoms with Gasteiger partial charge in [-0.25, -0.2) is 0 Å². The molecule has 1 unspecified atom stereocenters. The maximum Gasteiger partial charge on any atom is 0.325 e. The molecule has 4 nitrogen and oxygen atoms in total. The van der Waals surface area contributed by atoms with E-state index in [4.69, 9.17) is 5.73 Å². The number of hydrogen-bond acceptors (Lipinski definition) is 3. The molecule has 0 heterocycles. The van der Waals surface area contributed by atoms with Crippen LogP contribution in [0.5, 0.6) is 0 Å². The molecule has 1 rings (SSSR count). The van der Waals surface area contributed by atoms with E-state index in [-0.39, 0.29) is 5.92 Å². The number of aliphatic carboxylic acids is 1. The minimum atomic E-state index is -1.04. The van der Waals surface area contributed by atoms with Crippen molar-refractivity contribution < 1.29 is 9.90 Å². The second-order valence-electron chi connectivity index (χ2n) is 5.54. The monoisotopic (exact) mass is 228 g/mol. The maximum absolute atomic E-state index is 11.2. The summed E-state index contributed by atoms with van der Waals surface area (Å²) in [6.07, 6.45) is 3.00. The Morgan fingerprint density at radius 1 is 1.56 bits per heavy atom. The summed E-state index contributed by atoms with van der Waals surface area (Å²) < 4.78 is 0. The Balaban J connectivity index is 2.45. The van der Waals surface area contributed by atoms with Crippen LogP contribution in [0.2, 0.25) is 0 Å². The first-order valence-corrected chi connectivity index (χ1v) is 6.07. The zero-order valence-corrected chi connectivity index (χ0v) is 10.6. The van der Waals surface area contributed by atoms with E-state index in [1.54, 1.807) is 0 Å². The van der Waals surface area contributed by atoms with Gasteiger partial charge in [0.15, 0.2) is 0 Å². The molecule has 0 aromatic carbocycles. The number of nitrogens with zero attached hydrogens (tertiary/aromatic N) is 1. The normalized spacial score (nSPS) is 20.1. The number of carboxylic acid groups (broad SMARTS) is 1. The second-order valence-corrected chi connectivity index (χ2v) is 5.54. The van der Waals surface area contributed by atoms with Gasteiger partial charge in [-0.1, -0.05) is 13.8 Å². The fourth-order valence-corrected chi connectivity index (χ4v) is 1.97. The van der Waals surface area contributed by atoms with E-state index in [1.807, 2.05) is 11.9 Å². The minimum absolute atomic E-state index is 0.173. The van der Waals surface area contributed by atoms with Gasteiger partial charge in [0.2, 0.25) is 0 Å². The minimum Gasteiger partial charge on any atom is -0.480 e. The Morgan fingerprint density at radius 2 is 2.12 bits per heavy atom. The highest BCUT2D eigenvalue weighted by molar-refractivity contribution is 5.79. The molecule has 0 aromatic rings. The molecule has 0 aliphatic heterocycles. The van der Waals surface area contributed by atoms with Crippen molar-refractivity contribution in [1.82, 2.24) is 4.90 Å². The maximum atomic E-state index is 11.2. The van der Waals surface area contributed by atoms with Crippen LogP contribution in [-0.2, 0) is 4.79 Å². The van der Waals surface area contributed by atoms with Crippen LogP contribution < -0.4 is 5.73 Å². The van der Waals surface area contributed by atoms with Gasteiger partial charge >= 0.3 is 5.97 Å². The van der Waals surface area contributed by atoms with Gasteiger partial charge in [-0.15, -0.1) is 0 Å². The van der Waals surface area contributed by atoms with Gasteiger partial charge < -0.3 is 15.7 Å². The third kappa shape index (κ3) is 3.46. The molecule has 1 saturated carbocycles. The lowest BCUT2D eigenvalue weighted by molar-refractivity contribution is -0.145. The first kappa shape index (κ1) is 13.5. The molecule has 0 saturated heterocycles. The molecule has 0 amide bonds. The van der Waals surface area contributed by atoms with Crippen LogP contribution in [-0.4, -0.2) is 41.7 Å². The van der Waals surface area contributed by atoms with Crippen molar-refractivity contribution in [3.8, 4) is 0 Å². The van der Waals surface area contributed by atoms with E-state index in [0.717, 1.165) is 25.8 Å². The summed E-state index contributed by atoms with van der Waals surface area (Å²) in [5, 5.41) is 9.22. The summed E-state index contributed by atoms with van der Waals surface area (Å²) in [5.74, 6) is -0.0433. The predicted molar refractivity (Wildman–Crippen MR) is 64.2 cm³/mol. The Morgan fingerprint density at radius 3 is 2.50 bits per heavy atom. The van der Waals surface area contributed by atoms with Crippen LogP contribution in [0.1, 0.15) is 33.1 Å². The number of nitrogens with two attached hydrogens (primary N) is 1. The quantitative estimate of drug-likeness (QED) is 0.686. The third-order valence-electron chi connectivity index (χ3n) is 3.32. The zero-order chi connectivity index (χ0) is 12.3. The Bertz CT molecular complexity index is 251. The van der Waals surface area contributed by atoms with Crippen LogP contribution in [0.25, 0.3) is 0 Å². The fourth-order valence-electron chi connectivity index (χ4n) is 1.97. The fraction of sp³-hybridized carbons (Fsp3) is 0.917. The van der Waals surface area contributed by atoms with E-state index in [0.29, 0.717) is 12.5 Å². The molecule has 16 heavy (non-hydrogen) atoms. The van der Waals surface area contributed by atoms with Crippen LogP contribution in [0.4, 0.5) is 0 Å². The number of carbonyl (C=O) groups is 1. The molecule has 1 atom stereocenters. The number of hydrogen-bond donors (Lipinski definition) is 2. The average molecular weight is 228 g/mol. The van der Waals surface area contributed by atoms with Crippen molar-refractivity contribution in [2.75, 3.05) is 20.1 Å². The van der Waals surface area contributed by atoms with Crippen LogP contribution in [0, 0.1) is 11.8 Å². The highest BCUT2D eigenvalue weighted by Crippen LogP contribution is 2.38. The van der Waals surface area contributed by atoms with E-state index in [2.05, 4.69) is 13.8 Å². The van der Waals surface area contributed by atoms with Gasteiger partial charge in [0.05, 0.1) is 0 Å². The van der Waals surface area contributed by atoms with Gasteiger partial charge in [-0.3, -0.25) is 4.79 Å². The average Bonchev–Trinajstić information content (AvgIpc) is 2.97. The summed E-state index contributed by atoms with van der Waals surface area (Å²) >= 11 is 0. The molecule has 4 heteroatoms. The Labute approximate surface area is 97.8 Å². The summed E-state index contributed by atoms with van der Waals surface area (Å²) in [6, 6.07) is 0. The first-order valence-electron chi connectivity index (χ1n) is 6.07. The largest absolute Gasteiger partial charge is 0.480 e. The van der Waals surface area contributed by atoms with Crippen molar-refractivity contribution in [2.24, 2.45) is 17.6 Å². The summed E-state index contributed by atoms with van der Waals surface area (Å²) in [4.78, 5) is 13.3. The number of carboxylic acids is 1. The number of rotatable bonds is 7. The van der Waals surface area contributed by atoms with E-state index < -0.39 is 11.5 Å². The topological polar surface area (TPSA) is 66.6 Å². The molecule has 94 valence electrons. The van der Waals surface area contributed by atoms with E-state index in [1.165, 1.54) is 0 Å². The molecular formula is C12H24N2O2. The third-order valence-corrected chi connectivity index (χ3v) is 3.32. The van der Waals surface area contributed by atoms with Crippen LogP contribution in [0.3, 0.4) is 0 Å². The van der Waals surface area contributed by atoms with Crippen molar-refractivity contribution >= 4 is 5.97 Å². The van der Waals surface area contributed by atoms with Gasteiger partial charge in [-0.05, 0) is 44.7 Å². The summed E-state index contributed by atoms with van der Waals surface area (Å²) in [5.41, 5.74) is 4.98. The lowest BCUT2D eigenvalue weighted by Gasteiger charge is -2.30.